The van der Waals surface area contributed by atoms with Crippen molar-refractivity contribution in [1.29, 1.82) is 0 Å². The zero-order chi connectivity index (χ0) is 40.8. The lowest BCUT2D eigenvalue weighted by atomic mass is 9.34. The van der Waals surface area contributed by atoms with E-state index in [-0.39, 0.29) is 6.71 Å². The summed E-state index contributed by atoms with van der Waals surface area (Å²) < 4.78 is 0. The molecule has 0 fully saturated rings. The molecular formula is C58H46BN. The summed E-state index contributed by atoms with van der Waals surface area (Å²) >= 11 is 0. The molecule has 60 heavy (non-hydrogen) atoms. The van der Waals surface area contributed by atoms with Crippen LogP contribution in [0.1, 0.15) is 33.4 Å². The highest BCUT2D eigenvalue weighted by molar-refractivity contribution is 6.98. The van der Waals surface area contributed by atoms with Gasteiger partial charge < -0.3 is 4.90 Å². The molecule has 0 aliphatic rings. The van der Waals surface area contributed by atoms with E-state index in [4.69, 9.17) is 0 Å². The Morgan fingerprint density at radius 2 is 0.850 bits per heavy atom. The van der Waals surface area contributed by atoms with Gasteiger partial charge in [0.25, 0.3) is 0 Å². The second kappa shape index (κ2) is 13.9. The minimum absolute atomic E-state index is 0.0452. The molecule has 0 aliphatic carbocycles. The van der Waals surface area contributed by atoms with Crippen LogP contribution in [-0.4, -0.2) is 6.71 Å². The Hall–Kier alpha value is -6.90. The molecule has 11 aromatic carbocycles. The summed E-state index contributed by atoms with van der Waals surface area (Å²) in [5.74, 6) is 0. The van der Waals surface area contributed by atoms with E-state index in [1.165, 1.54) is 126 Å². The van der Waals surface area contributed by atoms with Gasteiger partial charge >= 0.3 is 0 Å². The Labute approximate surface area is 353 Å². The lowest BCUT2D eigenvalue weighted by Gasteiger charge is -2.31. The number of aryl methyl sites for hydroxylation is 6. The van der Waals surface area contributed by atoms with E-state index in [2.05, 4.69) is 216 Å². The van der Waals surface area contributed by atoms with Crippen LogP contribution >= 0.6 is 0 Å². The third kappa shape index (κ3) is 5.62. The van der Waals surface area contributed by atoms with Gasteiger partial charge in [-0.15, -0.1) is 0 Å². The zero-order valence-electron chi connectivity index (χ0n) is 35.2. The maximum Gasteiger partial charge on any atom is 0.243 e. The van der Waals surface area contributed by atoms with Gasteiger partial charge in [-0.25, -0.2) is 0 Å². The molecule has 0 heterocycles. The highest BCUT2D eigenvalue weighted by Crippen LogP contribution is 2.46. The van der Waals surface area contributed by atoms with Crippen LogP contribution in [0.15, 0.2) is 170 Å². The van der Waals surface area contributed by atoms with Gasteiger partial charge in [0.1, 0.15) is 0 Å². The van der Waals surface area contributed by atoms with Crippen molar-refractivity contribution in [3.05, 3.63) is 203 Å². The third-order valence-electron chi connectivity index (χ3n) is 13.2. The first-order valence-corrected chi connectivity index (χ1v) is 21.3. The molecule has 0 saturated heterocycles. The lowest BCUT2D eigenvalue weighted by Crippen LogP contribution is -2.54. The average molecular weight is 768 g/mol. The van der Waals surface area contributed by atoms with E-state index in [1.807, 2.05) is 0 Å². The predicted octanol–water partition coefficient (Wildman–Crippen LogP) is 13.9. The van der Waals surface area contributed by atoms with E-state index < -0.39 is 0 Å². The van der Waals surface area contributed by atoms with E-state index in [9.17, 15) is 0 Å². The fraction of sp³-hybridized carbons (Fsp3) is 0.103. The molecule has 286 valence electrons. The van der Waals surface area contributed by atoms with E-state index in [0.29, 0.717) is 0 Å². The second-order valence-corrected chi connectivity index (χ2v) is 17.3. The highest BCUT2D eigenvalue weighted by atomic mass is 15.1. The highest BCUT2D eigenvalue weighted by Gasteiger charge is 2.30. The van der Waals surface area contributed by atoms with Crippen LogP contribution in [0.2, 0.25) is 0 Å². The Bertz CT molecular complexity index is 3470. The standard InChI is InChI=1S/C58H46BN/c1-35-30-37(3)57(38(4)31-35)59(52-17-11-14-41-12-8-10-16-49(41)52)53-28-22-43-21-26-51-54(29-23-44-20-25-50(53)55(43)56(44)51)60(58-39(5)32-36(2)33-40(58)6)46-24-27-48-45(34-46)19-18-42-13-7-9-15-47(42)48/h7-34H,1-6H3. The quantitative estimate of drug-likeness (QED) is 0.120. The van der Waals surface area contributed by atoms with Crippen LogP contribution in [0.4, 0.5) is 17.1 Å². The first-order chi connectivity index (χ1) is 29.2. The maximum absolute atomic E-state index is 2.53. The van der Waals surface area contributed by atoms with Gasteiger partial charge in [0, 0.05) is 11.1 Å². The molecule has 0 bridgehead atoms. The fourth-order valence-corrected chi connectivity index (χ4v) is 10.9. The molecule has 0 aliphatic heterocycles. The van der Waals surface area contributed by atoms with E-state index in [0.717, 1.165) is 5.69 Å². The number of benzene rings is 11. The van der Waals surface area contributed by atoms with Crippen molar-refractivity contribution < 1.29 is 0 Å². The summed E-state index contributed by atoms with van der Waals surface area (Å²) in [5, 5.41) is 15.4. The summed E-state index contributed by atoms with van der Waals surface area (Å²) in [7, 11) is 0. The molecule has 0 saturated carbocycles. The molecule has 1 nitrogen and oxygen atoms in total. The van der Waals surface area contributed by atoms with Crippen molar-refractivity contribution >= 4 is 105 Å². The molecule has 0 amide bonds. The average Bonchev–Trinajstić information content (AvgIpc) is 3.25. The number of nitrogens with zero attached hydrogens (tertiary/aromatic N) is 1. The number of hydrogen-bond donors (Lipinski definition) is 0. The van der Waals surface area contributed by atoms with Gasteiger partial charge in [-0.1, -0.05) is 190 Å². The van der Waals surface area contributed by atoms with Gasteiger partial charge in [-0.3, -0.25) is 0 Å². The maximum atomic E-state index is 2.53. The van der Waals surface area contributed by atoms with Gasteiger partial charge in [-0.05, 0) is 130 Å². The van der Waals surface area contributed by atoms with Crippen LogP contribution in [0.25, 0.3) is 64.6 Å². The van der Waals surface area contributed by atoms with Crippen molar-refractivity contribution in [3.63, 3.8) is 0 Å². The SMILES string of the molecule is Cc1cc(C)c(B(c2cccc3ccccc23)c2ccc3ccc4c(N(c5ccc6c(ccc7ccccc76)c5)c5c(C)cc(C)cc5C)ccc5ccc2c3c54)c(C)c1. The molecule has 2 heteroatoms. The molecular weight excluding hydrogens is 721 g/mol. The summed E-state index contributed by atoms with van der Waals surface area (Å²) in [6.45, 7) is 13.6. The van der Waals surface area contributed by atoms with Gasteiger partial charge in [0.05, 0.1) is 11.4 Å². The molecule has 0 radical (unpaired) electrons. The zero-order valence-corrected chi connectivity index (χ0v) is 35.2. The smallest absolute Gasteiger partial charge is 0.243 e. The Balaban J connectivity index is 1.20. The monoisotopic (exact) mass is 767 g/mol. The minimum Gasteiger partial charge on any atom is -0.309 e. The molecule has 0 aromatic heterocycles. The number of fused-ring (bicyclic) bond motifs is 4. The van der Waals surface area contributed by atoms with Crippen molar-refractivity contribution in [2.75, 3.05) is 4.90 Å². The van der Waals surface area contributed by atoms with Crippen molar-refractivity contribution in [3.8, 4) is 0 Å². The van der Waals surface area contributed by atoms with E-state index in [1.54, 1.807) is 0 Å². The lowest BCUT2D eigenvalue weighted by molar-refractivity contribution is 1.21. The summed E-state index contributed by atoms with van der Waals surface area (Å²) in [5.41, 5.74) is 15.4. The van der Waals surface area contributed by atoms with Crippen LogP contribution in [-0.2, 0) is 0 Å². The van der Waals surface area contributed by atoms with Crippen LogP contribution in [0.5, 0.6) is 0 Å². The Morgan fingerprint density at radius 3 is 1.58 bits per heavy atom. The number of hydrogen-bond acceptors (Lipinski definition) is 1. The fourth-order valence-electron chi connectivity index (χ4n) is 10.9. The number of anilines is 3. The normalized spacial score (nSPS) is 11.8. The minimum atomic E-state index is 0.0452. The van der Waals surface area contributed by atoms with Gasteiger partial charge in [0.15, 0.2) is 0 Å². The van der Waals surface area contributed by atoms with Gasteiger partial charge in [-0.2, -0.15) is 0 Å². The molecule has 0 N–H and O–H groups in total. The molecule has 0 atom stereocenters. The summed E-state index contributed by atoms with van der Waals surface area (Å²) in [6.07, 6.45) is 0. The Kier molecular flexibility index (Phi) is 8.36. The van der Waals surface area contributed by atoms with Crippen LogP contribution in [0.3, 0.4) is 0 Å². The topological polar surface area (TPSA) is 3.24 Å². The first-order valence-electron chi connectivity index (χ1n) is 21.3. The van der Waals surface area contributed by atoms with Crippen molar-refractivity contribution in [2.45, 2.75) is 41.5 Å². The summed E-state index contributed by atoms with van der Waals surface area (Å²) in [6, 6.07) is 64.4. The largest absolute Gasteiger partial charge is 0.309 e. The van der Waals surface area contributed by atoms with E-state index >= 15 is 0 Å². The molecule has 0 unspecified atom stereocenters. The molecule has 11 aromatic rings. The summed E-state index contributed by atoms with van der Waals surface area (Å²) in [4.78, 5) is 2.53. The molecule has 0 spiro atoms. The second-order valence-electron chi connectivity index (χ2n) is 17.3. The van der Waals surface area contributed by atoms with Crippen molar-refractivity contribution in [2.24, 2.45) is 0 Å². The third-order valence-corrected chi connectivity index (χ3v) is 13.2. The first kappa shape index (κ1) is 36.2. The number of rotatable bonds is 6. The van der Waals surface area contributed by atoms with Crippen LogP contribution < -0.4 is 21.3 Å². The van der Waals surface area contributed by atoms with Crippen molar-refractivity contribution in [1.82, 2.24) is 0 Å². The van der Waals surface area contributed by atoms with Crippen LogP contribution in [0, 0.1) is 41.5 Å². The Morgan fingerprint density at radius 1 is 0.350 bits per heavy atom. The molecule has 11 rings (SSSR count). The van der Waals surface area contributed by atoms with Gasteiger partial charge in [0.2, 0.25) is 6.71 Å². The predicted molar refractivity (Wildman–Crippen MR) is 263 cm³/mol.